The third-order valence-electron chi connectivity index (χ3n) is 2.96. The van der Waals surface area contributed by atoms with Crippen molar-refractivity contribution >= 4 is 27.5 Å². The molecule has 94 valence electrons. The summed E-state index contributed by atoms with van der Waals surface area (Å²) in [6.45, 7) is 0. The molecule has 1 aliphatic carbocycles. The fraction of sp³-hybridized carbons (Fsp3) is 0.333. The van der Waals surface area contributed by atoms with Crippen LogP contribution in [0.4, 0.5) is 0 Å². The molecule has 0 spiro atoms. The molecule has 0 saturated heterocycles. The van der Waals surface area contributed by atoms with E-state index in [1.807, 2.05) is 12.1 Å². The van der Waals surface area contributed by atoms with Crippen LogP contribution in [0, 0.1) is 0 Å². The van der Waals surface area contributed by atoms with Crippen molar-refractivity contribution in [2.75, 3.05) is 0 Å². The quantitative estimate of drug-likeness (QED) is 0.937. The summed E-state index contributed by atoms with van der Waals surface area (Å²) in [5, 5.41) is 4.60. The molecule has 2 aromatic rings. The summed E-state index contributed by atoms with van der Waals surface area (Å²) in [5.74, 6) is 1.66. The number of hydrogen-bond donors (Lipinski definition) is 1. The van der Waals surface area contributed by atoms with E-state index in [9.17, 15) is 0 Å². The summed E-state index contributed by atoms with van der Waals surface area (Å²) in [7, 11) is 0. The topological polar surface area (TPSA) is 64.9 Å². The molecule has 2 N–H and O–H groups in total. The molecule has 1 fully saturated rings. The van der Waals surface area contributed by atoms with E-state index in [-0.39, 0.29) is 0 Å². The first-order chi connectivity index (χ1) is 8.65. The van der Waals surface area contributed by atoms with Crippen molar-refractivity contribution in [1.29, 1.82) is 0 Å². The Balaban J connectivity index is 1.87. The molecule has 0 radical (unpaired) electrons. The fourth-order valence-corrected chi connectivity index (χ4v) is 2.24. The normalized spacial score (nSPS) is 16.8. The third kappa shape index (κ3) is 2.30. The molecule has 4 nitrogen and oxygen atoms in total. The zero-order chi connectivity index (χ0) is 12.7. The van der Waals surface area contributed by atoms with E-state index in [1.54, 1.807) is 6.07 Å². The van der Waals surface area contributed by atoms with Gasteiger partial charge < -0.3 is 10.3 Å². The first-order valence-corrected chi connectivity index (χ1v) is 6.86. The van der Waals surface area contributed by atoms with Gasteiger partial charge in [0.2, 0.25) is 5.89 Å². The summed E-state index contributed by atoms with van der Waals surface area (Å²) < 4.78 is 6.01. The van der Waals surface area contributed by atoms with Gasteiger partial charge in [0.25, 0.3) is 0 Å². The lowest BCUT2D eigenvalue weighted by molar-refractivity contribution is 0.372. The van der Waals surface area contributed by atoms with Crippen molar-refractivity contribution in [3.8, 4) is 0 Å². The van der Waals surface area contributed by atoms with Crippen LogP contribution < -0.4 is 5.73 Å². The van der Waals surface area contributed by atoms with Crippen molar-refractivity contribution in [3.05, 3.63) is 45.0 Å². The molecule has 0 amide bonds. The molecule has 1 aromatic heterocycles. The van der Waals surface area contributed by atoms with Crippen LogP contribution in [0.1, 0.15) is 42.1 Å². The van der Waals surface area contributed by atoms with E-state index in [0.717, 1.165) is 22.9 Å². The molecule has 1 atom stereocenters. The standard InChI is InChI=1S/C12H11BrClN3O/c13-8-5-7(3-4-9(8)14)10(15)11-16-12(18-17-11)6-1-2-6/h3-6,10H,1-2,15H2. The van der Waals surface area contributed by atoms with Gasteiger partial charge in [-0.2, -0.15) is 4.98 Å². The SMILES string of the molecule is NC(c1ccc(Cl)c(Br)c1)c1noc(C2CC2)n1. The van der Waals surface area contributed by atoms with E-state index >= 15 is 0 Å². The number of aromatic nitrogens is 2. The molecule has 1 heterocycles. The Bertz CT molecular complexity index is 582. The Hall–Kier alpha value is -0.910. The molecule has 1 aromatic carbocycles. The Labute approximate surface area is 118 Å². The van der Waals surface area contributed by atoms with Gasteiger partial charge in [-0.3, -0.25) is 0 Å². The number of benzene rings is 1. The van der Waals surface area contributed by atoms with Gasteiger partial charge in [0.15, 0.2) is 5.82 Å². The highest BCUT2D eigenvalue weighted by atomic mass is 79.9. The first-order valence-electron chi connectivity index (χ1n) is 5.69. The molecular formula is C12H11BrClN3O. The highest BCUT2D eigenvalue weighted by molar-refractivity contribution is 9.10. The van der Waals surface area contributed by atoms with Crippen LogP contribution in [0.25, 0.3) is 0 Å². The molecule has 1 unspecified atom stereocenters. The Morgan fingerprint density at radius 2 is 2.22 bits per heavy atom. The van der Waals surface area contributed by atoms with E-state index in [4.69, 9.17) is 21.9 Å². The Kier molecular flexibility index (Phi) is 3.13. The number of nitrogens with two attached hydrogens (primary N) is 1. The summed E-state index contributed by atoms with van der Waals surface area (Å²) in [6, 6.07) is 5.14. The van der Waals surface area contributed by atoms with Crippen LogP contribution in [-0.2, 0) is 0 Å². The van der Waals surface area contributed by atoms with Crippen LogP contribution in [0.3, 0.4) is 0 Å². The maximum absolute atomic E-state index is 6.12. The lowest BCUT2D eigenvalue weighted by Gasteiger charge is -2.08. The maximum Gasteiger partial charge on any atom is 0.229 e. The zero-order valence-corrected chi connectivity index (χ0v) is 11.8. The Morgan fingerprint density at radius 1 is 1.44 bits per heavy atom. The Morgan fingerprint density at radius 3 is 2.89 bits per heavy atom. The summed E-state index contributed by atoms with van der Waals surface area (Å²) in [6.07, 6.45) is 2.26. The zero-order valence-electron chi connectivity index (χ0n) is 9.44. The number of hydrogen-bond acceptors (Lipinski definition) is 4. The lowest BCUT2D eigenvalue weighted by Crippen LogP contribution is -2.13. The first kappa shape index (κ1) is 12.1. The van der Waals surface area contributed by atoms with Crippen molar-refractivity contribution in [2.24, 2.45) is 5.73 Å². The van der Waals surface area contributed by atoms with Gasteiger partial charge in [0.05, 0.1) is 11.1 Å². The minimum atomic E-state index is -0.394. The number of halogens is 2. The number of nitrogens with zero attached hydrogens (tertiary/aromatic N) is 2. The van der Waals surface area contributed by atoms with E-state index < -0.39 is 6.04 Å². The highest BCUT2D eigenvalue weighted by Crippen LogP contribution is 2.39. The van der Waals surface area contributed by atoms with Gasteiger partial charge in [-0.25, -0.2) is 0 Å². The second kappa shape index (κ2) is 4.64. The predicted molar refractivity (Wildman–Crippen MR) is 71.5 cm³/mol. The largest absolute Gasteiger partial charge is 0.339 e. The van der Waals surface area contributed by atoms with Crippen LogP contribution in [0.5, 0.6) is 0 Å². The average Bonchev–Trinajstić information content (AvgIpc) is 3.10. The van der Waals surface area contributed by atoms with Gasteiger partial charge in [-0.15, -0.1) is 0 Å². The molecule has 18 heavy (non-hydrogen) atoms. The van der Waals surface area contributed by atoms with Gasteiger partial charge in [0, 0.05) is 10.4 Å². The minimum absolute atomic E-state index is 0.394. The third-order valence-corrected chi connectivity index (χ3v) is 4.18. The fourth-order valence-electron chi connectivity index (χ4n) is 1.72. The van der Waals surface area contributed by atoms with Crippen molar-refractivity contribution in [2.45, 2.75) is 24.8 Å². The van der Waals surface area contributed by atoms with Gasteiger partial charge in [0.1, 0.15) is 0 Å². The number of rotatable bonds is 3. The molecule has 6 heteroatoms. The van der Waals surface area contributed by atoms with Gasteiger partial charge >= 0.3 is 0 Å². The van der Waals surface area contributed by atoms with Crippen molar-refractivity contribution in [3.63, 3.8) is 0 Å². The minimum Gasteiger partial charge on any atom is -0.339 e. The van der Waals surface area contributed by atoms with Crippen LogP contribution in [0.2, 0.25) is 5.02 Å². The summed E-state index contributed by atoms with van der Waals surface area (Å²) in [5.41, 5.74) is 7.02. The second-order valence-corrected chi connectivity index (χ2v) is 5.68. The molecular weight excluding hydrogens is 318 g/mol. The summed E-state index contributed by atoms with van der Waals surface area (Å²) in [4.78, 5) is 4.35. The van der Waals surface area contributed by atoms with Crippen molar-refractivity contribution in [1.82, 2.24) is 10.1 Å². The molecule has 1 aliphatic rings. The van der Waals surface area contributed by atoms with Crippen LogP contribution in [-0.4, -0.2) is 10.1 Å². The molecule has 1 saturated carbocycles. The van der Waals surface area contributed by atoms with Gasteiger partial charge in [-0.1, -0.05) is 22.8 Å². The molecule has 3 rings (SSSR count). The van der Waals surface area contributed by atoms with Crippen LogP contribution in [0.15, 0.2) is 27.2 Å². The summed E-state index contributed by atoms with van der Waals surface area (Å²) >= 11 is 9.32. The van der Waals surface area contributed by atoms with E-state index in [0.29, 0.717) is 22.7 Å². The van der Waals surface area contributed by atoms with Gasteiger partial charge in [-0.05, 0) is 46.5 Å². The van der Waals surface area contributed by atoms with Crippen LogP contribution >= 0.6 is 27.5 Å². The monoisotopic (exact) mass is 327 g/mol. The van der Waals surface area contributed by atoms with E-state index in [1.165, 1.54) is 0 Å². The van der Waals surface area contributed by atoms with Crippen molar-refractivity contribution < 1.29 is 4.52 Å². The smallest absolute Gasteiger partial charge is 0.229 e. The second-order valence-electron chi connectivity index (χ2n) is 4.42. The molecule has 0 aliphatic heterocycles. The highest BCUT2D eigenvalue weighted by Gasteiger charge is 2.30. The van der Waals surface area contributed by atoms with E-state index in [2.05, 4.69) is 26.1 Å². The molecule has 0 bridgehead atoms. The average molecular weight is 329 g/mol. The predicted octanol–water partition coefficient (Wildman–Crippen LogP) is 3.41. The lowest BCUT2D eigenvalue weighted by atomic mass is 10.1. The maximum atomic E-state index is 6.12.